The summed E-state index contributed by atoms with van der Waals surface area (Å²) in [4.78, 5) is 12.5. The van der Waals surface area contributed by atoms with Crippen LogP contribution in [0.25, 0.3) is 0 Å². The number of hydrogen-bond donors (Lipinski definition) is 0. The lowest BCUT2D eigenvalue weighted by atomic mass is 9.62. The van der Waals surface area contributed by atoms with Crippen molar-refractivity contribution in [3.05, 3.63) is 42.0 Å². The molecule has 0 saturated heterocycles. The number of allylic oxidation sites excluding steroid dienone is 1. The van der Waals surface area contributed by atoms with Crippen molar-refractivity contribution in [1.82, 2.24) is 0 Å². The minimum atomic E-state index is -0.763. The smallest absolute Gasteiger partial charge is 0.323 e. The second-order valence-electron chi connectivity index (χ2n) is 5.91. The fourth-order valence-corrected chi connectivity index (χ4v) is 3.66. The molecule has 3 nitrogen and oxygen atoms in total. The predicted octanol–water partition coefficient (Wildman–Crippen LogP) is 2.97. The highest BCUT2D eigenvalue weighted by Crippen LogP contribution is 2.63. The van der Waals surface area contributed by atoms with Crippen molar-refractivity contribution >= 4 is 5.97 Å². The normalized spacial score (nSPS) is 31.1. The van der Waals surface area contributed by atoms with Gasteiger partial charge in [-0.25, -0.2) is 0 Å². The second kappa shape index (κ2) is 3.48. The summed E-state index contributed by atoms with van der Waals surface area (Å²) in [5.41, 5.74) is 0.439. The number of benzene rings is 1. The maximum absolute atomic E-state index is 12.5. The van der Waals surface area contributed by atoms with Crippen molar-refractivity contribution in [1.29, 1.82) is 5.26 Å². The molecular formula is C16H15NO2. The van der Waals surface area contributed by atoms with Crippen LogP contribution in [0.4, 0.5) is 0 Å². The van der Waals surface area contributed by atoms with Crippen molar-refractivity contribution in [3.63, 3.8) is 0 Å². The third-order valence-corrected chi connectivity index (χ3v) is 4.75. The van der Waals surface area contributed by atoms with Crippen LogP contribution in [0.2, 0.25) is 0 Å². The molecule has 1 aromatic carbocycles. The lowest BCUT2D eigenvalue weighted by Gasteiger charge is -2.36. The first-order chi connectivity index (χ1) is 8.95. The van der Waals surface area contributed by atoms with Crippen molar-refractivity contribution < 1.29 is 9.53 Å². The van der Waals surface area contributed by atoms with Crippen molar-refractivity contribution in [2.45, 2.75) is 25.7 Å². The van der Waals surface area contributed by atoms with Gasteiger partial charge in [0.25, 0.3) is 0 Å². The van der Waals surface area contributed by atoms with E-state index in [4.69, 9.17) is 4.74 Å². The topological polar surface area (TPSA) is 50.1 Å². The highest BCUT2D eigenvalue weighted by atomic mass is 16.5. The Labute approximate surface area is 112 Å². The van der Waals surface area contributed by atoms with E-state index in [1.54, 1.807) is 6.07 Å². The molecule has 0 radical (unpaired) electrons. The number of esters is 1. The van der Waals surface area contributed by atoms with Crippen LogP contribution >= 0.6 is 0 Å². The Morgan fingerprint density at radius 1 is 1.42 bits per heavy atom. The minimum absolute atomic E-state index is 0.252. The molecule has 0 aromatic heterocycles. The molecule has 0 bridgehead atoms. The number of nitriles is 1. The molecule has 96 valence electrons. The molecule has 0 amide bonds. The average Bonchev–Trinajstić information content (AvgIpc) is 2.74. The largest absolute Gasteiger partial charge is 0.426 e. The van der Waals surface area contributed by atoms with Crippen molar-refractivity contribution in [3.8, 4) is 11.8 Å². The van der Waals surface area contributed by atoms with E-state index in [0.29, 0.717) is 12.2 Å². The summed E-state index contributed by atoms with van der Waals surface area (Å²) >= 11 is 0. The van der Waals surface area contributed by atoms with Crippen LogP contribution in [0.5, 0.6) is 5.75 Å². The molecule has 2 atom stereocenters. The number of rotatable bonds is 0. The molecule has 1 aliphatic carbocycles. The van der Waals surface area contributed by atoms with Gasteiger partial charge in [-0.15, -0.1) is 0 Å². The summed E-state index contributed by atoms with van der Waals surface area (Å²) in [6.07, 6.45) is 0.494. The first kappa shape index (κ1) is 12.0. The zero-order valence-corrected chi connectivity index (χ0v) is 11.1. The van der Waals surface area contributed by atoms with Crippen LogP contribution in [-0.4, -0.2) is 5.97 Å². The molecule has 1 heterocycles. The molecule has 1 saturated carbocycles. The van der Waals surface area contributed by atoms with E-state index in [1.807, 2.05) is 32.0 Å². The molecule has 1 spiro atoms. The standard InChI is InChI=1S/C16H15NO2/c1-10-8-16(15(2,3)12(10)9-17)11-6-4-5-7-13(11)19-14(16)18/h4-7,12H,1,8H2,2-3H3/t12-,16-/m1/s1. The highest BCUT2D eigenvalue weighted by molar-refractivity contribution is 5.93. The molecule has 0 N–H and O–H groups in total. The lowest BCUT2D eigenvalue weighted by molar-refractivity contribution is -0.141. The Kier molecular flexibility index (Phi) is 2.19. The fraction of sp³-hybridized carbons (Fsp3) is 0.375. The summed E-state index contributed by atoms with van der Waals surface area (Å²) in [6.45, 7) is 7.92. The van der Waals surface area contributed by atoms with Crippen molar-refractivity contribution in [2.75, 3.05) is 0 Å². The van der Waals surface area contributed by atoms with Crippen LogP contribution in [0.3, 0.4) is 0 Å². The van der Waals surface area contributed by atoms with Gasteiger partial charge in [-0.3, -0.25) is 4.79 Å². The molecule has 19 heavy (non-hydrogen) atoms. The summed E-state index contributed by atoms with van der Waals surface area (Å²) in [7, 11) is 0. The van der Waals surface area contributed by atoms with Gasteiger partial charge >= 0.3 is 5.97 Å². The van der Waals surface area contributed by atoms with Crippen LogP contribution in [0, 0.1) is 22.7 Å². The quantitative estimate of drug-likeness (QED) is 0.406. The van der Waals surface area contributed by atoms with Gasteiger partial charge in [0.15, 0.2) is 0 Å². The average molecular weight is 253 g/mol. The van der Waals surface area contributed by atoms with E-state index in [2.05, 4.69) is 12.6 Å². The third-order valence-electron chi connectivity index (χ3n) is 4.75. The highest BCUT2D eigenvalue weighted by Gasteiger charge is 2.65. The predicted molar refractivity (Wildman–Crippen MR) is 70.4 cm³/mol. The van der Waals surface area contributed by atoms with Gasteiger partial charge < -0.3 is 4.74 Å². The summed E-state index contributed by atoms with van der Waals surface area (Å²) in [5.74, 6) is 0.0378. The number of nitrogens with zero attached hydrogens (tertiary/aromatic N) is 1. The third kappa shape index (κ3) is 1.19. The Balaban J connectivity index is 2.28. The Bertz CT molecular complexity index is 638. The number of ether oxygens (including phenoxy) is 1. The van der Waals surface area contributed by atoms with Gasteiger partial charge in [-0.05, 0) is 12.5 Å². The van der Waals surface area contributed by atoms with E-state index in [0.717, 1.165) is 11.1 Å². The molecule has 3 heteroatoms. The monoisotopic (exact) mass is 253 g/mol. The van der Waals surface area contributed by atoms with E-state index in [9.17, 15) is 10.1 Å². The number of hydrogen-bond acceptors (Lipinski definition) is 3. The molecule has 3 rings (SSSR count). The molecule has 2 aliphatic rings. The first-order valence-corrected chi connectivity index (χ1v) is 6.34. The van der Waals surface area contributed by atoms with E-state index < -0.39 is 10.8 Å². The van der Waals surface area contributed by atoms with Crippen molar-refractivity contribution in [2.24, 2.45) is 11.3 Å². The molecular weight excluding hydrogens is 238 g/mol. The summed E-state index contributed by atoms with van der Waals surface area (Å²) in [6, 6.07) is 9.79. The number of fused-ring (bicyclic) bond motifs is 2. The lowest BCUT2D eigenvalue weighted by Crippen LogP contribution is -2.45. The SMILES string of the molecule is C=C1C[C@@]2(C(=O)Oc3ccccc32)C(C)(C)[C@@H]1C#N. The maximum Gasteiger partial charge on any atom is 0.323 e. The summed E-state index contributed by atoms with van der Waals surface area (Å²) < 4.78 is 5.43. The van der Waals surface area contributed by atoms with Gasteiger partial charge in [0, 0.05) is 11.0 Å². The first-order valence-electron chi connectivity index (χ1n) is 6.34. The number of carbonyl (C=O) groups excluding carboxylic acids is 1. The van der Waals surface area contributed by atoms with Gasteiger partial charge in [0.2, 0.25) is 0 Å². The van der Waals surface area contributed by atoms with Gasteiger partial charge in [-0.1, -0.05) is 44.2 Å². The van der Waals surface area contributed by atoms with Gasteiger partial charge in [0.05, 0.1) is 12.0 Å². The Morgan fingerprint density at radius 3 is 2.74 bits per heavy atom. The number of carbonyl (C=O) groups is 1. The van der Waals surface area contributed by atoms with E-state index >= 15 is 0 Å². The molecule has 1 aromatic rings. The molecule has 1 fully saturated rings. The van der Waals surface area contributed by atoms with Crippen LogP contribution in [-0.2, 0) is 10.2 Å². The fourth-order valence-electron chi connectivity index (χ4n) is 3.66. The Morgan fingerprint density at radius 2 is 2.11 bits per heavy atom. The van der Waals surface area contributed by atoms with E-state index in [-0.39, 0.29) is 11.9 Å². The minimum Gasteiger partial charge on any atom is -0.426 e. The number of para-hydroxylation sites is 1. The zero-order chi connectivity index (χ0) is 13.8. The van der Waals surface area contributed by atoms with Gasteiger partial charge in [-0.2, -0.15) is 5.26 Å². The van der Waals surface area contributed by atoms with Crippen LogP contribution < -0.4 is 4.74 Å². The Hall–Kier alpha value is -2.08. The second-order valence-corrected chi connectivity index (χ2v) is 5.91. The molecule has 0 unspecified atom stereocenters. The van der Waals surface area contributed by atoms with E-state index in [1.165, 1.54) is 0 Å². The molecule has 1 aliphatic heterocycles. The van der Waals surface area contributed by atoms with Crippen LogP contribution in [0.1, 0.15) is 25.8 Å². The summed E-state index contributed by atoms with van der Waals surface area (Å²) in [5, 5.41) is 9.39. The van der Waals surface area contributed by atoms with Crippen LogP contribution in [0.15, 0.2) is 36.4 Å². The zero-order valence-electron chi connectivity index (χ0n) is 11.1. The van der Waals surface area contributed by atoms with Gasteiger partial charge in [0.1, 0.15) is 11.2 Å². The maximum atomic E-state index is 12.5.